The average molecular weight is 663 g/mol. The highest BCUT2D eigenvalue weighted by molar-refractivity contribution is 8.01. The number of hydrogen-bond donors (Lipinski definition) is 5. The SMILES string of the molecule is COCc1ccc(NC(=O)[C@H](CCCNC(N)=O)NC(=O)[C@@H](NC(=O)CCCCCN2C(=O)CC(SC(C)C)C2=O)C(C)C)cc1. The first-order valence-corrected chi connectivity index (χ1v) is 16.8. The third kappa shape index (κ3) is 13.4. The van der Waals surface area contributed by atoms with Crippen molar-refractivity contribution in [2.45, 2.75) is 102 Å². The van der Waals surface area contributed by atoms with Crippen molar-refractivity contribution in [3.63, 3.8) is 0 Å². The van der Waals surface area contributed by atoms with Crippen LogP contribution in [0.25, 0.3) is 0 Å². The Bertz CT molecular complexity index is 1190. The third-order valence-corrected chi connectivity index (χ3v) is 8.57. The summed E-state index contributed by atoms with van der Waals surface area (Å²) < 4.78 is 5.11. The van der Waals surface area contributed by atoms with Crippen molar-refractivity contribution < 1.29 is 33.5 Å². The van der Waals surface area contributed by atoms with Gasteiger partial charge in [0.1, 0.15) is 12.1 Å². The van der Waals surface area contributed by atoms with E-state index in [9.17, 15) is 28.8 Å². The van der Waals surface area contributed by atoms with Crippen molar-refractivity contribution in [3.05, 3.63) is 29.8 Å². The number of imide groups is 1. The number of thioether (sulfide) groups is 1. The molecule has 1 aromatic rings. The lowest BCUT2D eigenvalue weighted by molar-refractivity contribution is -0.138. The summed E-state index contributed by atoms with van der Waals surface area (Å²) in [6.07, 6.45) is 2.76. The maximum atomic E-state index is 13.3. The van der Waals surface area contributed by atoms with Gasteiger partial charge in [-0.25, -0.2) is 4.79 Å². The number of unbranched alkanes of at least 4 members (excludes halogenated alkanes) is 2. The van der Waals surface area contributed by atoms with Gasteiger partial charge in [0, 0.05) is 38.7 Å². The van der Waals surface area contributed by atoms with E-state index in [-0.39, 0.29) is 59.9 Å². The third-order valence-electron chi connectivity index (χ3n) is 7.32. The summed E-state index contributed by atoms with van der Waals surface area (Å²) in [6, 6.07) is 4.62. The molecule has 256 valence electrons. The maximum absolute atomic E-state index is 13.3. The number of ether oxygens (including phenoxy) is 1. The monoisotopic (exact) mass is 662 g/mol. The lowest BCUT2D eigenvalue weighted by atomic mass is 10.0. The second-order valence-corrected chi connectivity index (χ2v) is 13.8. The van der Waals surface area contributed by atoms with Crippen LogP contribution in [0, 0.1) is 5.92 Å². The Balaban J connectivity index is 1.90. The van der Waals surface area contributed by atoms with Crippen LogP contribution in [-0.2, 0) is 35.3 Å². The second-order valence-electron chi connectivity index (χ2n) is 12.0. The van der Waals surface area contributed by atoms with Gasteiger partial charge < -0.3 is 31.7 Å². The Morgan fingerprint density at radius 2 is 1.67 bits per heavy atom. The normalized spacial score (nSPS) is 16.0. The highest BCUT2D eigenvalue weighted by Gasteiger charge is 2.38. The van der Waals surface area contributed by atoms with Gasteiger partial charge in [0.2, 0.25) is 29.5 Å². The molecule has 6 N–H and O–H groups in total. The number of carbonyl (C=O) groups excluding carboxylic acids is 6. The fourth-order valence-electron chi connectivity index (χ4n) is 4.96. The largest absolute Gasteiger partial charge is 0.380 e. The van der Waals surface area contributed by atoms with Crippen LogP contribution in [0.5, 0.6) is 0 Å². The minimum atomic E-state index is -0.937. The van der Waals surface area contributed by atoms with E-state index in [0.29, 0.717) is 44.5 Å². The van der Waals surface area contributed by atoms with Gasteiger partial charge in [-0.3, -0.25) is 28.9 Å². The van der Waals surface area contributed by atoms with Crippen molar-refractivity contribution in [2.75, 3.05) is 25.5 Å². The van der Waals surface area contributed by atoms with Crippen molar-refractivity contribution in [2.24, 2.45) is 11.7 Å². The Morgan fingerprint density at radius 1 is 0.978 bits per heavy atom. The van der Waals surface area contributed by atoms with Gasteiger partial charge in [-0.2, -0.15) is 0 Å². The lowest BCUT2D eigenvalue weighted by Crippen LogP contribution is -2.54. The molecule has 14 heteroatoms. The summed E-state index contributed by atoms with van der Waals surface area (Å²) in [5.74, 6) is -1.79. The Kier molecular flexibility index (Phi) is 16.6. The quantitative estimate of drug-likeness (QED) is 0.104. The van der Waals surface area contributed by atoms with Crippen molar-refractivity contribution in [3.8, 4) is 0 Å². The molecule has 1 fully saturated rings. The van der Waals surface area contributed by atoms with Gasteiger partial charge in [-0.05, 0) is 54.5 Å². The molecule has 1 heterocycles. The number of hydrogen-bond acceptors (Lipinski definition) is 8. The number of amides is 7. The van der Waals surface area contributed by atoms with E-state index in [0.717, 1.165) is 5.56 Å². The van der Waals surface area contributed by atoms with Crippen LogP contribution in [0.1, 0.15) is 78.2 Å². The predicted molar refractivity (Wildman–Crippen MR) is 178 cm³/mol. The molecule has 0 saturated carbocycles. The zero-order valence-electron chi connectivity index (χ0n) is 27.6. The summed E-state index contributed by atoms with van der Waals surface area (Å²) in [4.78, 5) is 76.6. The number of urea groups is 1. The summed E-state index contributed by atoms with van der Waals surface area (Å²) in [5, 5.41) is 10.8. The lowest BCUT2D eigenvalue weighted by Gasteiger charge is -2.25. The molecule has 7 amide bonds. The van der Waals surface area contributed by atoms with Gasteiger partial charge in [0.25, 0.3) is 0 Å². The van der Waals surface area contributed by atoms with Crippen molar-refractivity contribution in [1.29, 1.82) is 0 Å². The van der Waals surface area contributed by atoms with Gasteiger partial charge in [0.15, 0.2) is 0 Å². The second kappa shape index (κ2) is 19.8. The van der Waals surface area contributed by atoms with E-state index >= 15 is 0 Å². The molecule has 13 nitrogen and oxygen atoms in total. The van der Waals surface area contributed by atoms with E-state index < -0.39 is 29.9 Å². The number of nitrogens with two attached hydrogens (primary N) is 1. The van der Waals surface area contributed by atoms with Crippen LogP contribution in [-0.4, -0.2) is 83.2 Å². The van der Waals surface area contributed by atoms with Gasteiger partial charge >= 0.3 is 6.03 Å². The van der Waals surface area contributed by atoms with Crippen LogP contribution in [0.15, 0.2) is 24.3 Å². The molecule has 1 aliphatic heterocycles. The van der Waals surface area contributed by atoms with Crippen molar-refractivity contribution in [1.82, 2.24) is 20.9 Å². The van der Waals surface area contributed by atoms with Crippen LogP contribution >= 0.6 is 11.8 Å². The molecule has 1 unspecified atom stereocenters. The summed E-state index contributed by atoms with van der Waals surface area (Å²) in [6.45, 7) is 8.58. The standard InChI is InChI=1S/C32H50N6O7S/c1-20(2)28(37-26(39)11-7-6-8-17-38-27(40)18-25(31(38)43)46-21(3)4)30(42)36-24(10-9-16-34-32(33)44)29(41)35-23-14-12-22(13-15-23)19-45-5/h12-15,20-21,24-25,28H,6-11,16-19H2,1-5H3,(H,35,41)(H,36,42)(H,37,39)(H3,33,34,44)/t24-,25?,28-/m0/s1. The number of methoxy groups -OCH3 is 1. The van der Waals surface area contributed by atoms with Crippen LogP contribution in [0.4, 0.5) is 10.5 Å². The molecular formula is C32H50N6O7S. The molecule has 0 aliphatic carbocycles. The zero-order valence-corrected chi connectivity index (χ0v) is 28.4. The molecule has 0 radical (unpaired) electrons. The molecule has 0 spiro atoms. The molecule has 46 heavy (non-hydrogen) atoms. The number of nitrogens with one attached hydrogen (secondary N) is 4. The molecule has 3 atom stereocenters. The summed E-state index contributed by atoms with van der Waals surface area (Å²) >= 11 is 1.50. The number of likely N-dealkylation sites (tertiary alicyclic amines) is 1. The fraction of sp³-hybridized carbons (Fsp3) is 0.625. The smallest absolute Gasteiger partial charge is 0.312 e. The minimum absolute atomic E-state index is 0.136. The molecule has 0 bridgehead atoms. The zero-order chi connectivity index (χ0) is 34.2. The van der Waals surface area contributed by atoms with Gasteiger partial charge in [-0.15, -0.1) is 11.8 Å². The first-order chi connectivity index (χ1) is 21.8. The van der Waals surface area contributed by atoms with E-state index in [1.54, 1.807) is 33.1 Å². The molecule has 1 aromatic carbocycles. The van der Waals surface area contributed by atoms with E-state index in [4.69, 9.17) is 10.5 Å². The highest BCUT2D eigenvalue weighted by Crippen LogP contribution is 2.28. The van der Waals surface area contributed by atoms with E-state index in [1.165, 1.54) is 16.7 Å². The Morgan fingerprint density at radius 3 is 2.28 bits per heavy atom. The number of rotatable bonds is 20. The summed E-state index contributed by atoms with van der Waals surface area (Å²) in [7, 11) is 1.59. The van der Waals surface area contributed by atoms with E-state index in [2.05, 4.69) is 21.3 Å². The number of benzene rings is 1. The first kappa shape index (κ1) is 38.5. The Hall–Kier alpha value is -3.65. The van der Waals surface area contributed by atoms with Crippen LogP contribution in [0.3, 0.4) is 0 Å². The number of anilines is 1. The molecule has 1 aliphatic rings. The predicted octanol–water partition coefficient (Wildman–Crippen LogP) is 2.68. The van der Waals surface area contributed by atoms with Gasteiger partial charge in [0.05, 0.1) is 11.9 Å². The maximum Gasteiger partial charge on any atom is 0.312 e. The van der Waals surface area contributed by atoms with Gasteiger partial charge in [-0.1, -0.05) is 46.2 Å². The topological polar surface area (TPSA) is 189 Å². The minimum Gasteiger partial charge on any atom is -0.380 e. The molecule has 1 saturated heterocycles. The van der Waals surface area contributed by atoms with Crippen LogP contribution < -0.4 is 27.0 Å². The average Bonchev–Trinajstić information content (AvgIpc) is 3.24. The fourth-order valence-corrected chi connectivity index (χ4v) is 6.10. The van der Waals surface area contributed by atoms with E-state index in [1.807, 2.05) is 26.0 Å². The van der Waals surface area contributed by atoms with Crippen LogP contribution in [0.2, 0.25) is 0 Å². The summed E-state index contributed by atoms with van der Waals surface area (Å²) in [5.41, 5.74) is 6.61. The van der Waals surface area contributed by atoms with Crippen molar-refractivity contribution >= 4 is 53.0 Å². The molecule has 2 rings (SSSR count). The molecule has 0 aromatic heterocycles. The first-order valence-electron chi connectivity index (χ1n) is 15.8. The number of nitrogens with zero attached hydrogens (tertiary/aromatic N) is 1. The Labute approximate surface area is 275 Å². The molecular weight excluding hydrogens is 612 g/mol. The number of carbonyl (C=O) groups is 6. The highest BCUT2D eigenvalue weighted by atomic mass is 32.2. The number of primary amides is 1.